The summed E-state index contributed by atoms with van der Waals surface area (Å²) in [7, 11) is 0. The zero-order chi connectivity index (χ0) is 20.7. The molecule has 28 heavy (non-hydrogen) atoms. The molecule has 1 atom stereocenters. The number of aliphatic carboxylic acids is 1. The Bertz CT molecular complexity index is 950. The number of hydrogen-bond acceptors (Lipinski definition) is 6. The summed E-state index contributed by atoms with van der Waals surface area (Å²) in [5, 5.41) is 24.1. The van der Waals surface area contributed by atoms with Crippen LogP contribution in [0.25, 0.3) is 22.3 Å². The topological polar surface area (TPSA) is 129 Å². The van der Waals surface area contributed by atoms with Gasteiger partial charge in [-0.1, -0.05) is 6.92 Å². The van der Waals surface area contributed by atoms with Gasteiger partial charge < -0.3 is 15.3 Å². The van der Waals surface area contributed by atoms with E-state index in [-0.39, 0.29) is 6.04 Å². The Hall–Kier alpha value is -3.44. The van der Waals surface area contributed by atoms with Gasteiger partial charge >= 0.3 is 12.1 Å². The molecule has 3 N–H and O–H groups in total. The maximum atomic E-state index is 10.6. The number of carboxylic acids is 1. The number of halogens is 3. The SMILES string of the molecule is CCC(C/C=N/O)n1cc(-c2ncnc3[nH]ccc23)cn1.O=C(O)C(F)(F)F. The van der Waals surface area contributed by atoms with Gasteiger partial charge in [0.05, 0.1) is 17.9 Å². The first-order valence-electron chi connectivity index (χ1n) is 8.06. The highest BCUT2D eigenvalue weighted by Crippen LogP contribution is 2.25. The third-order valence-corrected chi connectivity index (χ3v) is 3.78. The van der Waals surface area contributed by atoms with E-state index in [1.807, 2.05) is 23.1 Å². The molecule has 150 valence electrons. The minimum Gasteiger partial charge on any atom is -0.475 e. The smallest absolute Gasteiger partial charge is 0.475 e. The van der Waals surface area contributed by atoms with E-state index in [2.05, 4.69) is 32.1 Å². The molecule has 12 heteroatoms. The minimum atomic E-state index is -5.08. The number of aromatic nitrogens is 5. The predicted octanol–water partition coefficient (Wildman–Crippen LogP) is 3.26. The maximum absolute atomic E-state index is 10.6. The molecule has 0 saturated heterocycles. The average Bonchev–Trinajstić information content (AvgIpc) is 3.31. The number of nitrogens with one attached hydrogen (secondary N) is 1. The predicted molar refractivity (Wildman–Crippen MR) is 93.0 cm³/mol. The van der Waals surface area contributed by atoms with Gasteiger partial charge in [-0.25, -0.2) is 14.8 Å². The van der Waals surface area contributed by atoms with E-state index in [4.69, 9.17) is 15.1 Å². The van der Waals surface area contributed by atoms with Crippen molar-refractivity contribution < 1.29 is 28.3 Å². The summed E-state index contributed by atoms with van der Waals surface area (Å²) in [6.07, 6.45) is 5.10. The van der Waals surface area contributed by atoms with Crippen molar-refractivity contribution in [2.45, 2.75) is 32.0 Å². The molecule has 3 aromatic heterocycles. The third kappa shape index (κ3) is 5.05. The van der Waals surface area contributed by atoms with Crippen molar-refractivity contribution in [2.24, 2.45) is 5.16 Å². The molecule has 3 heterocycles. The second kappa shape index (κ2) is 8.97. The summed E-state index contributed by atoms with van der Waals surface area (Å²) in [5.74, 6) is -2.76. The highest BCUT2D eigenvalue weighted by atomic mass is 19.4. The van der Waals surface area contributed by atoms with Crippen molar-refractivity contribution in [3.63, 3.8) is 0 Å². The van der Waals surface area contributed by atoms with Gasteiger partial charge in [0.1, 0.15) is 12.0 Å². The standard InChI is InChI=1S/C14H16N6O.C2HF3O2/c1-2-11(3-6-19-21)20-8-10(7-18-20)13-12-4-5-15-14(12)17-9-16-13;3-2(4,5)1(6)7/h4-9,11,21H,2-3H2,1H3,(H,15,16,17);(H,6,7)/b19-6+;. The number of hydrogen-bond donors (Lipinski definition) is 3. The molecule has 3 rings (SSSR count). The second-order valence-corrected chi connectivity index (χ2v) is 5.57. The molecule has 0 fully saturated rings. The van der Waals surface area contributed by atoms with Crippen molar-refractivity contribution in [3.8, 4) is 11.3 Å². The minimum absolute atomic E-state index is 0.165. The Labute approximate surface area is 156 Å². The Morgan fingerprint density at radius 1 is 1.43 bits per heavy atom. The lowest BCUT2D eigenvalue weighted by Gasteiger charge is -2.12. The van der Waals surface area contributed by atoms with Crippen LogP contribution in [0.5, 0.6) is 0 Å². The average molecular weight is 398 g/mol. The van der Waals surface area contributed by atoms with E-state index in [1.54, 1.807) is 12.5 Å². The van der Waals surface area contributed by atoms with Gasteiger partial charge in [-0.2, -0.15) is 18.3 Å². The largest absolute Gasteiger partial charge is 0.490 e. The third-order valence-electron chi connectivity index (χ3n) is 3.78. The Morgan fingerprint density at radius 3 is 2.75 bits per heavy atom. The van der Waals surface area contributed by atoms with Crippen LogP contribution in [0.1, 0.15) is 25.8 Å². The van der Waals surface area contributed by atoms with Gasteiger partial charge in [-0.3, -0.25) is 4.68 Å². The Morgan fingerprint density at radius 2 is 2.14 bits per heavy atom. The summed E-state index contributed by atoms with van der Waals surface area (Å²) < 4.78 is 33.6. The monoisotopic (exact) mass is 398 g/mol. The van der Waals surface area contributed by atoms with Crippen LogP contribution in [0.15, 0.2) is 36.1 Å². The van der Waals surface area contributed by atoms with Crippen LogP contribution in [-0.2, 0) is 4.79 Å². The fourth-order valence-electron chi connectivity index (χ4n) is 2.39. The van der Waals surface area contributed by atoms with Crippen LogP contribution in [0, 0.1) is 0 Å². The lowest BCUT2D eigenvalue weighted by atomic mass is 10.1. The molecule has 0 aromatic carbocycles. The quantitative estimate of drug-likeness (QED) is 0.344. The molecule has 0 amide bonds. The number of H-pyrrole nitrogens is 1. The van der Waals surface area contributed by atoms with Gasteiger partial charge in [0.15, 0.2) is 0 Å². The first kappa shape index (κ1) is 20.9. The zero-order valence-corrected chi connectivity index (χ0v) is 14.6. The molecule has 0 aliphatic rings. The number of rotatable bonds is 5. The van der Waals surface area contributed by atoms with Gasteiger partial charge in [0.2, 0.25) is 0 Å². The van der Waals surface area contributed by atoms with Crippen LogP contribution < -0.4 is 0 Å². The molecule has 9 nitrogen and oxygen atoms in total. The van der Waals surface area contributed by atoms with Gasteiger partial charge in [-0.15, -0.1) is 5.16 Å². The van der Waals surface area contributed by atoms with Crippen LogP contribution >= 0.6 is 0 Å². The maximum Gasteiger partial charge on any atom is 0.490 e. The summed E-state index contributed by atoms with van der Waals surface area (Å²) >= 11 is 0. The Kier molecular flexibility index (Phi) is 6.69. The molecule has 0 bridgehead atoms. The number of nitrogens with zero attached hydrogens (tertiary/aromatic N) is 5. The number of carbonyl (C=O) groups is 1. The molecule has 0 radical (unpaired) electrons. The van der Waals surface area contributed by atoms with Crippen LogP contribution in [-0.4, -0.2) is 53.4 Å². The van der Waals surface area contributed by atoms with E-state index in [1.165, 1.54) is 6.21 Å². The lowest BCUT2D eigenvalue weighted by molar-refractivity contribution is -0.192. The van der Waals surface area contributed by atoms with Crippen molar-refractivity contribution in [1.82, 2.24) is 24.7 Å². The van der Waals surface area contributed by atoms with E-state index in [9.17, 15) is 13.2 Å². The second-order valence-electron chi connectivity index (χ2n) is 5.57. The molecule has 0 aliphatic heterocycles. The Balaban J connectivity index is 0.000000345. The van der Waals surface area contributed by atoms with Gasteiger partial charge in [0, 0.05) is 36.0 Å². The van der Waals surface area contributed by atoms with E-state index in [0.717, 1.165) is 28.7 Å². The van der Waals surface area contributed by atoms with Gasteiger partial charge in [-0.05, 0) is 12.5 Å². The number of aromatic amines is 1. The highest BCUT2D eigenvalue weighted by molar-refractivity contribution is 5.89. The number of alkyl halides is 3. The zero-order valence-electron chi connectivity index (χ0n) is 14.6. The lowest BCUT2D eigenvalue weighted by Crippen LogP contribution is -2.21. The summed E-state index contributed by atoms with van der Waals surface area (Å²) in [5.41, 5.74) is 2.62. The van der Waals surface area contributed by atoms with Crippen LogP contribution in [0.4, 0.5) is 13.2 Å². The van der Waals surface area contributed by atoms with E-state index in [0.29, 0.717) is 6.42 Å². The van der Waals surface area contributed by atoms with Gasteiger partial charge in [0.25, 0.3) is 0 Å². The molecular formula is C16H17F3N6O3. The fraction of sp³-hybridized carbons (Fsp3) is 0.312. The van der Waals surface area contributed by atoms with Crippen molar-refractivity contribution >= 4 is 23.2 Å². The van der Waals surface area contributed by atoms with Crippen LogP contribution in [0.2, 0.25) is 0 Å². The number of oxime groups is 1. The van der Waals surface area contributed by atoms with Crippen molar-refractivity contribution in [2.75, 3.05) is 0 Å². The molecule has 3 aromatic rings. The summed E-state index contributed by atoms with van der Waals surface area (Å²) in [4.78, 5) is 20.5. The first-order chi connectivity index (χ1) is 13.3. The molecule has 0 saturated carbocycles. The van der Waals surface area contributed by atoms with Crippen molar-refractivity contribution in [3.05, 3.63) is 31.0 Å². The molecule has 1 unspecified atom stereocenters. The number of fused-ring (bicyclic) bond motifs is 1. The molecular weight excluding hydrogens is 381 g/mol. The van der Waals surface area contributed by atoms with E-state index >= 15 is 0 Å². The highest BCUT2D eigenvalue weighted by Gasteiger charge is 2.38. The number of carboxylic acid groups (broad SMARTS) is 1. The van der Waals surface area contributed by atoms with Crippen molar-refractivity contribution in [1.29, 1.82) is 0 Å². The summed E-state index contributed by atoms with van der Waals surface area (Å²) in [6, 6.07) is 2.12. The first-order valence-corrected chi connectivity index (χ1v) is 8.06. The summed E-state index contributed by atoms with van der Waals surface area (Å²) in [6.45, 7) is 2.08. The van der Waals surface area contributed by atoms with E-state index < -0.39 is 12.1 Å². The molecule has 0 aliphatic carbocycles. The molecule has 0 spiro atoms. The normalized spacial score (nSPS) is 12.7. The fourth-order valence-corrected chi connectivity index (χ4v) is 2.39. The van der Waals surface area contributed by atoms with Crippen LogP contribution in [0.3, 0.4) is 0 Å².